The van der Waals surface area contributed by atoms with Gasteiger partial charge in [-0.3, -0.25) is 0 Å². The molecule has 0 aliphatic rings. The first-order valence-electron chi connectivity index (χ1n) is 5.60. The number of aliphatic carboxylic acids is 1. The van der Waals surface area contributed by atoms with Crippen molar-refractivity contribution in [3.63, 3.8) is 0 Å². The maximum absolute atomic E-state index is 11.0. The lowest BCUT2D eigenvalue weighted by atomic mass is 10.1. The molecule has 5 heteroatoms. The molecule has 0 saturated heterocycles. The monoisotopic (exact) mass is 253 g/mol. The van der Waals surface area contributed by atoms with E-state index in [9.17, 15) is 4.79 Å². The summed E-state index contributed by atoms with van der Waals surface area (Å²) >= 11 is 0. The number of nitrogens with zero attached hydrogens (tertiary/aromatic N) is 1. The maximum Gasteiger partial charge on any atom is 0.326 e. The topological polar surface area (TPSA) is 59.0 Å². The van der Waals surface area contributed by atoms with Gasteiger partial charge in [-0.2, -0.15) is 0 Å². The number of likely N-dealkylation sites (N-methyl/N-ethyl adjacent to an activating group) is 1. The number of methoxy groups -OCH3 is 2. The molecule has 0 aromatic heterocycles. The van der Waals surface area contributed by atoms with E-state index in [1.165, 1.54) is 0 Å². The quantitative estimate of drug-likeness (QED) is 0.868. The summed E-state index contributed by atoms with van der Waals surface area (Å²) in [6.45, 7) is 3.53. The first-order chi connectivity index (χ1) is 8.42. The third-order valence-corrected chi connectivity index (χ3v) is 3.01. The normalized spacial score (nSPS) is 11.8. The van der Waals surface area contributed by atoms with E-state index >= 15 is 0 Å². The molecule has 1 N–H and O–H groups in total. The Bertz CT molecular complexity index is 445. The molecule has 0 bridgehead atoms. The minimum absolute atomic E-state index is 0.629. The number of rotatable bonds is 5. The molecule has 18 heavy (non-hydrogen) atoms. The SMILES string of the molecule is COc1cc(N(C)C(C)C(=O)O)c(OC)cc1C. The van der Waals surface area contributed by atoms with E-state index in [0.717, 1.165) is 5.56 Å². The van der Waals surface area contributed by atoms with Crippen molar-refractivity contribution in [2.45, 2.75) is 19.9 Å². The van der Waals surface area contributed by atoms with Crippen LogP contribution < -0.4 is 14.4 Å². The van der Waals surface area contributed by atoms with Crippen molar-refractivity contribution in [3.05, 3.63) is 17.7 Å². The van der Waals surface area contributed by atoms with Crippen LogP contribution in [0.4, 0.5) is 5.69 Å². The van der Waals surface area contributed by atoms with Crippen LogP contribution in [0.2, 0.25) is 0 Å². The second-order valence-electron chi connectivity index (χ2n) is 4.12. The zero-order valence-corrected chi connectivity index (χ0v) is 11.4. The number of benzene rings is 1. The second-order valence-corrected chi connectivity index (χ2v) is 4.12. The number of carboxylic acid groups (broad SMARTS) is 1. The predicted octanol–water partition coefficient (Wildman–Crippen LogP) is 1.92. The van der Waals surface area contributed by atoms with E-state index in [1.54, 1.807) is 39.2 Å². The summed E-state index contributed by atoms with van der Waals surface area (Å²) in [5.74, 6) is 0.443. The van der Waals surface area contributed by atoms with E-state index in [1.807, 2.05) is 13.0 Å². The maximum atomic E-state index is 11.0. The van der Waals surface area contributed by atoms with E-state index in [-0.39, 0.29) is 0 Å². The van der Waals surface area contributed by atoms with Gasteiger partial charge in [-0.1, -0.05) is 0 Å². The van der Waals surface area contributed by atoms with Gasteiger partial charge >= 0.3 is 5.97 Å². The fourth-order valence-electron chi connectivity index (χ4n) is 1.68. The first kappa shape index (κ1) is 14.2. The number of anilines is 1. The number of hydrogen-bond donors (Lipinski definition) is 1. The van der Waals surface area contributed by atoms with Crippen molar-refractivity contribution in [2.24, 2.45) is 0 Å². The van der Waals surface area contributed by atoms with E-state index in [0.29, 0.717) is 17.2 Å². The van der Waals surface area contributed by atoms with Gasteiger partial charge in [0.2, 0.25) is 0 Å². The molecule has 0 aliphatic heterocycles. The Hall–Kier alpha value is -1.91. The lowest BCUT2D eigenvalue weighted by Crippen LogP contribution is -2.36. The van der Waals surface area contributed by atoms with Crippen LogP contribution in [-0.2, 0) is 4.79 Å². The molecule has 0 amide bonds. The van der Waals surface area contributed by atoms with Gasteiger partial charge in [-0.15, -0.1) is 0 Å². The highest BCUT2D eigenvalue weighted by molar-refractivity contribution is 5.79. The van der Waals surface area contributed by atoms with Crippen LogP contribution in [0.25, 0.3) is 0 Å². The van der Waals surface area contributed by atoms with Crippen molar-refractivity contribution < 1.29 is 19.4 Å². The minimum Gasteiger partial charge on any atom is -0.496 e. The van der Waals surface area contributed by atoms with Gasteiger partial charge < -0.3 is 19.5 Å². The van der Waals surface area contributed by atoms with Crippen LogP contribution in [-0.4, -0.2) is 38.4 Å². The molecule has 0 aliphatic carbocycles. The van der Waals surface area contributed by atoms with Crippen molar-refractivity contribution >= 4 is 11.7 Å². The predicted molar refractivity (Wildman–Crippen MR) is 69.8 cm³/mol. The summed E-state index contributed by atoms with van der Waals surface area (Å²) in [5, 5.41) is 9.04. The summed E-state index contributed by atoms with van der Waals surface area (Å²) in [5.41, 5.74) is 1.63. The molecule has 0 fully saturated rings. The molecular weight excluding hydrogens is 234 g/mol. The zero-order chi connectivity index (χ0) is 13.9. The summed E-state index contributed by atoms with van der Waals surface area (Å²) in [7, 11) is 4.86. The average molecular weight is 253 g/mol. The fraction of sp³-hybridized carbons (Fsp3) is 0.462. The fourth-order valence-corrected chi connectivity index (χ4v) is 1.68. The molecule has 1 aromatic rings. The molecule has 1 aromatic carbocycles. The van der Waals surface area contributed by atoms with Crippen LogP contribution >= 0.6 is 0 Å². The third-order valence-electron chi connectivity index (χ3n) is 3.01. The van der Waals surface area contributed by atoms with Gasteiger partial charge in [-0.05, 0) is 25.5 Å². The van der Waals surface area contributed by atoms with Crippen molar-refractivity contribution in [1.29, 1.82) is 0 Å². The number of carbonyl (C=O) groups is 1. The summed E-state index contributed by atoms with van der Waals surface area (Å²) in [4.78, 5) is 12.7. The molecule has 0 heterocycles. The Morgan fingerprint density at radius 3 is 2.28 bits per heavy atom. The van der Waals surface area contributed by atoms with Crippen LogP contribution in [0.5, 0.6) is 11.5 Å². The second kappa shape index (κ2) is 5.62. The van der Waals surface area contributed by atoms with Gasteiger partial charge in [0.1, 0.15) is 17.5 Å². The Morgan fingerprint density at radius 1 is 1.28 bits per heavy atom. The van der Waals surface area contributed by atoms with Gasteiger partial charge in [0.05, 0.1) is 19.9 Å². The molecule has 1 rings (SSSR count). The summed E-state index contributed by atoms with van der Waals surface area (Å²) in [6.07, 6.45) is 0. The molecule has 0 radical (unpaired) electrons. The minimum atomic E-state index is -0.890. The lowest BCUT2D eigenvalue weighted by molar-refractivity contribution is -0.138. The molecular formula is C13H19NO4. The van der Waals surface area contributed by atoms with Crippen LogP contribution in [0.15, 0.2) is 12.1 Å². The number of aryl methyl sites for hydroxylation is 1. The highest BCUT2D eigenvalue weighted by Gasteiger charge is 2.21. The van der Waals surface area contributed by atoms with Gasteiger partial charge in [-0.25, -0.2) is 4.79 Å². The number of carboxylic acids is 1. The molecule has 5 nitrogen and oxygen atoms in total. The van der Waals surface area contributed by atoms with E-state index in [4.69, 9.17) is 14.6 Å². The summed E-state index contributed by atoms with van der Waals surface area (Å²) in [6, 6.07) is 2.97. The Labute approximate surface area is 107 Å². The smallest absolute Gasteiger partial charge is 0.326 e. The standard InChI is InChI=1S/C13H19NO4/c1-8-6-12(18-5)10(7-11(8)17-4)14(3)9(2)13(15)16/h6-7,9H,1-5H3,(H,15,16). The van der Waals surface area contributed by atoms with Crippen LogP contribution in [0.1, 0.15) is 12.5 Å². The Morgan fingerprint density at radius 2 is 1.83 bits per heavy atom. The van der Waals surface area contributed by atoms with Crippen molar-refractivity contribution in [3.8, 4) is 11.5 Å². The van der Waals surface area contributed by atoms with E-state index in [2.05, 4.69) is 0 Å². The highest BCUT2D eigenvalue weighted by atomic mass is 16.5. The molecule has 1 unspecified atom stereocenters. The molecule has 1 atom stereocenters. The third kappa shape index (κ3) is 2.67. The number of ether oxygens (including phenoxy) is 2. The number of hydrogen-bond acceptors (Lipinski definition) is 4. The van der Waals surface area contributed by atoms with Crippen LogP contribution in [0.3, 0.4) is 0 Å². The van der Waals surface area contributed by atoms with Crippen LogP contribution in [0, 0.1) is 6.92 Å². The van der Waals surface area contributed by atoms with Crippen molar-refractivity contribution in [1.82, 2.24) is 0 Å². The average Bonchev–Trinajstić information content (AvgIpc) is 2.36. The van der Waals surface area contributed by atoms with Gasteiger partial charge in [0, 0.05) is 13.1 Å². The Balaban J connectivity index is 3.25. The van der Waals surface area contributed by atoms with Gasteiger partial charge in [0.15, 0.2) is 0 Å². The first-order valence-corrected chi connectivity index (χ1v) is 5.60. The largest absolute Gasteiger partial charge is 0.496 e. The zero-order valence-electron chi connectivity index (χ0n) is 11.4. The highest BCUT2D eigenvalue weighted by Crippen LogP contribution is 2.35. The Kier molecular flexibility index (Phi) is 4.42. The summed E-state index contributed by atoms with van der Waals surface area (Å²) < 4.78 is 10.5. The van der Waals surface area contributed by atoms with E-state index < -0.39 is 12.0 Å². The van der Waals surface area contributed by atoms with Crippen molar-refractivity contribution in [2.75, 3.05) is 26.2 Å². The molecule has 100 valence electrons. The lowest BCUT2D eigenvalue weighted by Gasteiger charge is -2.26. The van der Waals surface area contributed by atoms with Gasteiger partial charge in [0.25, 0.3) is 0 Å². The molecule has 0 saturated carbocycles. The molecule has 0 spiro atoms.